The molecule has 0 amide bonds. The van der Waals surface area contributed by atoms with Gasteiger partial charge in [-0.15, -0.1) is 0 Å². The van der Waals surface area contributed by atoms with Crippen molar-refractivity contribution in [3.63, 3.8) is 0 Å². The van der Waals surface area contributed by atoms with E-state index in [0.717, 1.165) is 6.54 Å². The molecule has 1 nitrogen and oxygen atoms in total. The summed E-state index contributed by atoms with van der Waals surface area (Å²) in [7, 11) is 0. The molecule has 0 radical (unpaired) electrons. The Hall–Kier alpha value is -0.820. The van der Waals surface area contributed by atoms with Crippen molar-refractivity contribution in [1.82, 2.24) is 5.32 Å². The number of hydrogen-bond donors (Lipinski definition) is 1. The van der Waals surface area contributed by atoms with Gasteiger partial charge in [-0.1, -0.05) is 44.9 Å². The molecule has 96 valence electrons. The molecule has 0 aromatic heterocycles. The number of benzene rings is 1. The summed E-state index contributed by atoms with van der Waals surface area (Å²) in [5.74, 6) is 0. The fourth-order valence-corrected chi connectivity index (χ4v) is 2.45. The first kappa shape index (κ1) is 14.2. The third kappa shape index (κ3) is 4.16. The molecule has 1 atom stereocenters. The van der Waals surface area contributed by atoms with Crippen LogP contribution < -0.4 is 5.32 Å². The smallest absolute Gasteiger partial charge is 0.0325 e. The van der Waals surface area contributed by atoms with Crippen molar-refractivity contribution in [2.45, 2.75) is 59.4 Å². The Morgan fingerprint density at radius 3 is 2.24 bits per heavy atom. The molecule has 1 aromatic carbocycles. The van der Waals surface area contributed by atoms with E-state index in [1.807, 2.05) is 0 Å². The summed E-state index contributed by atoms with van der Waals surface area (Å²) in [6, 6.07) is 7.16. The third-order valence-corrected chi connectivity index (χ3v) is 3.38. The van der Waals surface area contributed by atoms with E-state index >= 15 is 0 Å². The fraction of sp³-hybridized carbons (Fsp3) is 0.625. The summed E-state index contributed by atoms with van der Waals surface area (Å²) in [6.45, 7) is 10.1. The first-order chi connectivity index (χ1) is 8.20. The van der Waals surface area contributed by atoms with Gasteiger partial charge in [-0.05, 0) is 49.9 Å². The highest BCUT2D eigenvalue weighted by Gasteiger charge is 2.14. The lowest BCUT2D eigenvalue weighted by atomic mass is 9.93. The van der Waals surface area contributed by atoms with Crippen LogP contribution >= 0.6 is 0 Å². The molecular formula is C16H27N. The van der Waals surface area contributed by atoms with Crippen LogP contribution in [-0.4, -0.2) is 6.54 Å². The Morgan fingerprint density at radius 2 is 1.71 bits per heavy atom. The van der Waals surface area contributed by atoms with Crippen LogP contribution in [0.3, 0.4) is 0 Å². The molecule has 0 aliphatic heterocycles. The van der Waals surface area contributed by atoms with Crippen molar-refractivity contribution >= 4 is 0 Å². The molecule has 1 unspecified atom stereocenters. The number of rotatable bonds is 7. The summed E-state index contributed by atoms with van der Waals surface area (Å²) >= 11 is 0. The lowest BCUT2D eigenvalue weighted by Crippen LogP contribution is -2.23. The van der Waals surface area contributed by atoms with Crippen LogP contribution in [0.2, 0.25) is 0 Å². The molecule has 0 aliphatic rings. The molecule has 0 bridgehead atoms. The van der Waals surface area contributed by atoms with Crippen molar-refractivity contribution in [3.8, 4) is 0 Å². The minimum absolute atomic E-state index is 0.538. The van der Waals surface area contributed by atoms with Gasteiger partial charge >= 0.3 is 0 Å². The molecule has 1 aromatic rings. The van der Waals surface area contributed by atoms with E-state index in [4.69, 9.17) is 0 Å². The van der Waals surface area contributed by atoms with Gasteiger partial charge in [0, 0.05) is 6.04 Å². The first-order valence-electron chi connectivity index (χ1n) is 7.00. The van der Waals surface area contributed by atoms with E-state index in [1.165, 1.54) is 42.4 Å². The van der Waals surface area contributed by atoms with Crippen molar-refractivity contribution in [2.75, 3.05) is 6.54 Å². The minimum Gasteiger partial charge on any atom is -0.310 e. The Balaban J connectivity index is 2.86. The largest absolute Gasteiger partial charge is 0.310 e. The minimum atomic E-state index is 0.538. The predicted molar refractivity (Wildman–Crippen MR) is 76.5 cm³/mol. The van der Waals surface area contributed by atoms with E-state index in [9.17, 15) is 0 Å². The molecule has 0 spiro atoms. The van der Waals surface area contributed by atoms with Gasteiger partial charge in [-0.25, -0.2) is 0 Å². The average Bonchev–Trinajstić information content (AvgIpc) is 2.31. The molecule has 17 heavy (non-hydrogen) atoms. The fourth-order valence-electron chi connectivity index (χ4n) is 2.45. The van der Waals surface area contributed by atoms with Gasteiger partial charge in [0.25, 0.3) is 0 Å². The Labute approximate surface area is 107 Å². The number of nitrogens with one attached hydrogen (secondary N) is 1. The standard InChI is InChI=1S/C16H27N/c1-5-7-11-15(17-12-6-2)16-13(3)9-8-10-14(16)4/h8-10,15,17H,5-7,11-12H2,1-4H3. The van der Waals surface area contributed by atoms with Crippen LogP contribution in [0.1, 0.15) is 62.3 Å². The van der Waals surface area contributed by atoms with Gasteiger partial charge in [0.1, 0.15) is 0 Å². The van der Waals surface area contributed by atoms with E-state index in [1.54, 1.807) is 0 Å². The lowest BCUT2D eigenvalue weighted by molar-refractivity contribution is 0.478. The summed E-state index contributed by atoms with van der Waals surface area (Å²) in [4.78, 5) is 0. The van der Waals surface area contributed by atoms with Gasteiger partial charge in [-0.2, -0.15) is 0 Å². The SMILES string of the molecule is CCCCC(NCCC)c1c(C)cccc1C. The molecule has 1 heteroatoms. The highest BCUT2D eigenvalue weighted by molar-refractivity contribution is 5.36. The van der Waals surface area contributed by atoms with Gasteiger partial charge in [0.15, 0.2) is 0 Å². The number of hydrogen-bond acceptors (Lipinski definition) is 1. The molecular weight excluding hydrogens is 206 g/mol. The summed E-state index contributed by atoms with van der Waals surface area (Å²) in [5.41, 5.74) is 4.37. The maximum Gasteiger partial charge on any atom is 0.0325 e. The Kier molecular flexibility index (Phi) is 6.28. The van der Waals surface area contributed by atoms with E-state index in [0.29, 0.717) is 6.04 Å². The van der Waals surface area contributed by atoms with Crippen molar-refractivity contribution in [3.05, 3.63) is 34.9 Å². The second-order valence-corrected chi connectivity index (χ2v) is 4.95. The highest BCUT2D eigenvalue weighted by Crippen LogP contribution is 2.26. The van der Waals surface area contributed by atoms with Crippen molar-refractivity contribution < 1.29 is 0 Å². The van der Waals surface area contributed by atoms with Crippen LogP contribution in [0.5, 0.6) is 0 Å². The maximum atomic E-state index is 3.70. The highest BCUT2D eigenvalue weighted by atomic mass is 14.9. The predicted octanol–water partition coefficient (Wildman–Crippen LogP) is 4.53. The maximum absolute atomic E-state index is 3.70. The zero-order chi connectivity index (χ0) is 12.7. The summed E-state index contributed by atoms with van der Waals surface area (Å²) in [5, 5.41) is 3.70. The van der Waals surface area contributed by atoms with Crippen LogP contribution in [-0.2, 0) is 0 Å². The average molecular weight is 233 g/mol. The summed E-state index contributed by atoms with van der Waals surface area (Å²) in [6.07, 6.45) is 5.03. The normalized spacial score (nSPS) is 12.7. The molecule has 1 N–H and O–H groups in total. The number of aryl methyl sites for hydroxylation is 2. The van der Waals surface area contributed by atoms with Crippen LogP contribution in [0.15, 0.2) is 18.2 Å². The molecule has 0 saturated carbocycles. The third-order valence-electron chi connectivity index (χ3n) is 3.38. The lowest BCUT2D eigenvalue weighted by Gasteiger charge is -2.23. The molecule has 0 aliphatic carbocycles. The molecule has 0 fully saturated rings. The molecule has 0 saturated heterocycles. The summed E-state index contributed by atoms with van der Waals surface area (Å²) < 4.78 is 0. The van der Waals surface area contributed by atoms with Gasteiger partial charge in [0.2, 0.25) is 0 Å². The molecule has 1 rings (SSSR count). The van der Waals surface area contributed by atoms with Crippen LogP contribution in [0.25, 0.3) is 0 Å². The second kappa shape index (κ2) is 7.50. The topological polar surface area (TPSA) is 12.0 Å². The van der Waals surface area contributed by atoms with E-state index in [-0.39, 0.29) is 0 Å². The van der Waals surface area contributed by atoms with Crippen LogP contribution in [0, 0.1) is 13.8 Å². The molecule has 0 heterocycles. The van der Waals surface area contributed by atoms with Crippen LogP contribution in [0.4, 0.5) is 0 Å². The quantitative estimate of drug-likeness (QED) is 0.729. The van der Waals surface area contributed by atoms with E-state index in [2.05, 4.69) is 51.2 Å². The number of unbranched alkanes of at least 4 members (excludes halogenated alkanes) is 1. The van der Waals surface area contributed by atoms with E-state index < -0.39 is 0 Å². The zero-order valence-electron chi connectivity index (χ0n) is 11.8. The Bertz CT molecular complexity index is 302. The van der Waals surface area contributed by atoms with Crippen molar-refractivity contribution in [1.29, 1.82) is 0 Å². The van der Waals surface area contributed by atoms with Gasteiger partial charge in [0.05, 0.1) is 0 Å². The first-order valence-corrected chi connectivity index (χ1v) is 7.00. The van der Waals surface area contributed by atoms with Gasteiger partial charge in [-0.3, -0.25) is 0 Å². The monoisotopic (exact) mass is 233 g/mol. The zero-order valence-corrected chi connectivity index (χ0v) is 11.8. The van der Waals surface area contributed by atoms with Crippen molar-refractivity contribution in [2.24, 2.45) is 0 Å². The second-order valence-electron chi connectivity index (χ2n) is 4.95. The Morgan fingerprint density at radius 1 is 1.06 bits per heavy atom. The van der Waals surface area contributed by atoms with Gasteiger partial charge < -0.3 is 5.32 Å².